The Bertz CT molecular complexity index is 86.6. The van der Waals surface area contributed by atoms with Crippen molar-refractivity contribution < 1.29 is 4.79 Å². The fourth-order valence-corrected chi connectivity index (χ4v) is 1.04. The van der Waals surface area contributed by atoms with E-state index in [4.69, 9.17) is 0 Å². The number of carbonyl (C=O) groups excluding carboxylic acids is 1. The lowest BCUT2D eigenvalue weighted by molar-refractivity contribution is -0.121. The Morgan fingerprint density at radius 1 is 1.44 bits per heavy atom. The van der Waals surface area contributed by atoms with Crippen molar-refractivity contribution in [2.24, 2.45) is 5.92 Å². The molecule has 1 heteroatoms. The van der Waals surface area contributed by atoms with E-state index in [2.05, 4.69) is 13.8 Å². The summed E-state index contributed by atoms with van der Waals surface area (Å²) in [5.74, 6) is 0.675. The van der Waals surface area contributed by atoms with Crippen molar-refractivity contribution in [1.82, 2.24) is 0 Å². The van der Waals surface area contributed by atoms with Crippen molar-refractivity contribution in [1.29, 1.82) is 0 Å². The zero-order valence-electron chi connectivity index (χ0n) is 6.61. The second-order valence-corrected chi connectivity index (χ2v) is 2.50. The Morgan fingerprint density at radius 2 is 2.00 bits per heavy atom. The molecule has 0 aromatic carbocycles. The molecule has 0 aliphatic heterocycles. The van der Waals surface area contributed by atoms with Crippen LogP contribution in [0.3, 0.4) is 0 Å². The minimum Gasteiger partial charge on any atom is -0.300 e. The first-order chi connectivity index (χ1) is 4.22. The van der Waals surface area contributed by atoms with E-state index < -0.39 is 0 Å². The van der Waals surface area contributed by atoms with Crippen molar-refractivity contribution in [3.8, 4) is 0 Å². The van der Waals surface area contributed by atoms with Gasteiger partial charge in [-0.15, -0.1) is 0 Å². The minimum absolute atomic E-state index is 0.329. The molecule has 0 spiro atoms. The molecule has 0 radical (unpaired) electrons. The van der Waals surface area contributed by atoms with Gasteiger partial charge in [-0.1, -0.05) is 20.3 Å². The summed E-state index contributed by atoms with van der Waals surface area (Å²) >= 11 is 0. The standard InChI is InChI=1S/C8H16O/c1-4-6-8(5-2)7(3)9/h8H,4-6H2,1-3H3. The second-order valence-electron chi connectivity index (χ2n) is 2.50. The molecule has 0 aromatic rings. The van der Waals surface area contributed by atoms with Crippen molar-refractivity contribution in [2.75, 3.05) is 0 Å². The lowest BCUT2D eigenvalue weighted by atomic mass is 9.97. The molecule has 0 amide bonds. The molecule has 0 bridgehead atoms. The van der Waals surface area contributed by atoms with Gasteiger partial charge in [-0.25, -0.2) is 0 Å². The summed E-state index contributed by atoms with van der Waals surface area (Å²) in [6.45, 7) is 5.87. The van der Waals surface area contributed by atoms with Crippen LogP contribution in [0.2, 0.25) is 0 Å². The Balaban J connectivity index is 3.54. The fraction of sp³-hybridized carbons (Fsp3) is 0.875. The number of carbonyl (C=O) groups is 1. The van der Waals surface area contributed by atoms with Gasteiger partial charge in [-0.2, -0.15) is 0 Å². The zero-order chi connectivity index (χ0) is 7.28. The van der Waals surface area contributed by atoms with Crippen LogP contribution in [0, 0.1) is 5.92 Å². The van der Waals surface area contributed by atoms with Crippen molar-refractivity contribution in [3.63, 3.8) is 0 Å². The monoisotopic (exact) mass is 128 g/mol. The van der Waals surface area contributed by atoms with E-state index >= 15 is 0 Å². The average Bonchev–Trinajstić information content (AvgIpc) is 1.82. The van der Waals surface area contributed by atoms with E-state index in [9.17, 15) is 4.79 Å². The second kappa shape index (κ2) is 4.54. The lowest BCUT2D eigenvalue weighted by Crippen LogP contribution is -2.08. The van der Waals surface area contributed by atoms with Crippen LogP contribution in [0.5, 0.6) is 0 Å². The SMILES string of the molecule is CCCC(CC)C(C)=O. The molecular formula is C8H16O. The van der Waals surface area contributed by atoms with Crippen LogP contribution in [-0.4, -0.2) is 5.78 Å². The first kappa shape index (κ1) is 8.67. The highest BCUT2D eigenvalue weighted by atomic mass is 16.1. The van der Waals surface area contributed by atoms with Gasteiger partial charge in [0.25, 0.3) is 0 Å². The molecule has 1 unspecified atom stereocenters. The molecule has 54 valence electrons. The van der Waals surface area contributed by atoms with Crippen molar-refractivity contribution in [3.05, 3.63) is 0 Å². The van der Waals surface area contributed by atoms with E-state index in [1.54, 1.807) is 6.92 Å². The molecule has 0 fully saturated rings. The molecule has 1 atom stereocenters. The number of hydrogen-bond acceptors (Lipinski definition) is 1. The van der Waals surface area contributed by atoms with E-state index in [0.29, 0.717) is 11.7 Å². The van der Waals surface area contributed by atoms with Crippen LogP contribution in [0.4, 0.5) is 0 Å². The molecule has 0 saturated heterocycles. The predicted octanol–water partition coefficient (Wildman–Crippen LogP) is 2.40. The van der Waals surface area contributed by atoms with Crippen molar-refractivity contribution in [2.45, 2.75) is 40.0 Å². The van der Waals surface area contributed by atoms with Gasteiger partial charge in [0.1, 0.15) is 5.78 Å². The molecule has 0 heterocycles. The number of rotatable bonds is 4. The Morgan fingerprint density at radius 3 is 2.11 bits per heavy atom. The normalized spacial score (nSPS) is 13.2. The van der Waals surface area contributed by atoms with Crippen LogP contribution in [0.1, 0.15) is 40.0 Å². The molecular weight excluding hydrogens is 112 g/mol. The maximum atomic E-state index is 10.8. The van der Waals surface area contributed by atoms with Gasteiger partial charge in [-0.05, 0) is 19.8 Å². The molecule has 9 heavy (non-hydrogen) atoms. The third-order valence-electron chi connectivity index (χ3n) is 1.70. The Kier molecular flexibility index (Phi) is 4.37. The van der Waals surface area contributed by atoms with E-state index in [1.165, 1.54) is 0 Å². The molecule has 0 aromatic heterocycles. The highest BCUT2D eigenvalue weighted by Crippen LogP contribution is 2.10. The maximum absolute atomic E-state index is 10.8. The summed E-state index contributed by atoms with van der Waals surface area (Å²) in [7, 11) is 0. The highest BCUT2D eigenvalue weighted by Gasteiger charge is 2.08. The summed E-state index contributed by atoms with van der Waals surface area (Å²) in [6, 6.07) is 0. The van der Waals surface area contributed by atoms with Crippen LogP contribution in [-0.2, 0) is 4.79 Å². The van der Waals surface area contributed by atoms with Gasteiger partial charge in [0.05, 0.1) is 0 Å². The number of Topliss-reactive ketones (excluding diaryl/α,β-unsaturated/α-hetero) is 1. The van der Waals surface area contributed by atoms with Gasteiger partial charge in [0.15, 0.2) is 0 Å². The van der Waals surface area contributed by atoms with E-state index in [-0.39, 0.29) is 0 Å². The molecule has 0 aliphatic carbocycles. The molecule has 1 nitrogen and oxygen atoms in total. The largest absolute Gasteiger partial charge is 0.300 e. The summed E-state index contributed by atoms with van der Waals surface area (Å²) < 4.78 is 0. The van der Waals surface area contributed by atoms with Crippen LogP contribution < -0.4 is 0 Å². The third kappa shape index (κ3) is 3.28. The van der Waals surface area contributed by atoms with Crippen LogP contribution >= 0.6 is 0 Å². The number of ketones is 1. The Labute approximate surface area is 57.5 Å². The Hall–Kier alpha value is -0.330. The van der Waals surface area contributed by atoms with E-state index in [0.717, 1.165) is 19.3 Å². The molecule has 0 saturated carbocycles. The summed E-state index contributed by atoms with van der Waals surface area (Å²) in [5.41, 5.74) is 0. The first-order valence-corrected chi connectivity index (χ1v) is 3.72. The summed E-state index contributed by atoms with van der Waals surface area (Å²) in [5, 5.41) is 0. The van der Waals surface area contributed by atoms with Gasteiger partial charge in [0, 0.05) is 5.92 Å². The average molecular weight is 128 g/mol. The van der Waals surface area contributed by atoms with Gasteiger partial charge < -0.3 is 0 Å². The van der Waals surface area contributed by atoms with Crippen LogP contribution in [0.15, 0.2) is 0 Å². The number of hydrogen-bond donors (Lipinski definition) is 0. The quantitative estimate of drug-likeness (QED) is 0.568. The predicted molar refractivity (Wildman–Crippen MR) is 39.4 cm³/mol. The molecule has 0 N–H and O–H groups in total. The van der Waals surface area contributed by atoms with E-state index in [1.807, 2.05) is 0 Å². The topological polar surface area (TPSA) is 17.1 Å². The zero-order valence-corrected chi connectivity index (χ0v) is 6.61. The van der Waals surface area contributed by atoms with Gasteiger partial charge >= 0.3 is 0 Å². The van der Waals surface area contributed by atoms with Crippen molar-refractivity contribution >= 4 is 5.78 Å². The summed E-state index contributed by atoms with van der Waals surface area (Å²) in [6.07, 6.45) is 3.19. The molecule has 0 aliphatic rings. The van der Waals surface area contributed by atoms with Gasteiger partial charge in [-0.3, -0.25) is 4.79 Å². The fourth-order valence-electron chi connectivity index (χ4n) is 1.04. The minimum atomic E-state index is 0.329. The highest BCUT2D eigenvalue weighted by molar-refractivity contribution is 5.78. The van der Waals surface area contributed by atoms with Crippen LogP contribution in [0.25, 0.3) is 0 Å². The third-order valence-corrected chi connectivity index (χ3v) is 1.70. The smallest absolute Gasteiger partial charge is 0.132 e. The van der Waals surface area contributed by atoms with Gasteiger partial charge in [0.2, 0.25) is 0 Å². The first-order valence-electron chi connectivity index (χ1n) is 3.72. The maximum Gasteiger partial charge on any atom is 0.132 e. The molecule has 0 rings (SSSR count). The lowest BCUT2D eigenvalue weighted by Gasteiger charge is -2.07. The summed E-state index contributed by atoms with van der Waals surface area (Å²) in [4.78, 5) is 10.8.